The fraction of sp³-hybridized carbons (Fsp3) is 0.556. The molecule has 0 bridgehead atoms. The number of carbonyl (C=O) groups excluding carboxylic acids is 1. The number of nitrogens with zero attached hydrogens (tertiary/aromatic N) is 3. The van der Waals surface area contributed by atoms with Crippen LogP contribution < -0.4 is 10.2 Å². The van der Waals surface area contributed by atoms with Gasteiger partial charge in [0.15, 0.2) is 0 Å². The lowest BCUT2D eigenvalue weighted by molar-refractivity contribution is -0.123. The van der Waals surface area contributed by atoms with Crippen LogP contribution in [0.15, 0.2) is 30.3 Å². The molecule has 0 atom stereocenters. The minimum absolute atomic E-state index is 0.0124. The number of hydrogen-bond acceptors (Lipinski definition) is 4. The summed E-state index contributed by atoms with van der Waals surface area (Å²) >= 11 is 0. The van der Waals surface area contributed by atoms with Gasteiger partial charge in [-0.25, -0.2) is 0 Å². The zero-order chi connectivity index (χ0) is 16.1. The topological polar surface area (TPSA) is 59.4 Å². The van der Waals surface area contributed by atoms with Crippen molar-refractivity contribution >= 4 is 11.6 Å². The molecule has 23 heavy (non-hydrogen) atoms. The van der Waals surface area contributed by atoms with E-state index < -0.39 is 5.54 Å². The summed E-state index contributed by atoms with van der Waals surface area (Å²) in [5.74, 6) is -0.0124. The van der Waals surface area contributed by atoms with E-state index in [0.29, 0.717) is 6.54 Å². The molecular formula is C18H24N4O. The number of anilines is 1. The van der Waals surface area contributed by atoms with E-state index in [1.807, 2.05) is 6.07 Å². The van der Waals surface area contributed by atoms with Crippen molar-refractivity contribution in [3.8, 4) is 6.07 Å². The van der Waals surface area contributed by atoms with Crippen LogP contribution in [0.25, 0.3) is 0 Å². The van der Waals surface area contributed by atoms with Gasteiger partial charge >= 0.3 is 0 Å². The molecule has 0 spiro atoms. The molecule has 1 heterocycles. The molecule has 0 radical (unpaired) electrons. The van der Waals surface area contributed by atoms with E-state index in [1.165, 1.54) is 5.69 Å². The van der Waals surface area contributed by atoms with Crippen LogP contribution in [0.3, 0.4) is 0 Å². The van der Waals surface area contributed by atoms with Crippen molar-refractivity contribution in [3.63, 3.8) is 0 Å². The number of benzene rings is 1. The lowest BCUT2D eigenvalue weighted by Gasteiger charge is -2.36. The van der Waals surface area contributed by atoms with E-state index in [9.17, 15) is 10.1 Å². The van der Waals surface area contributed by atoms with E-state index in [2.05, 4.69) is 45.5 Å². The second-order valence-corrected chi connectivity index (χ2v) is 6.55. The summed E-state index contributed by atoms with van der Waals surface area (Å²) in [6, 6.07) is 12.7. The third-order valence-corrected chi connectivity index (χ3v) is 4.91. The molecule has 1 aromatic carbocycles. The van der Waals surface area contributed by atoms with Crippen molar-refractivity contribution in [2.75, 3.05) is 37.6 Å². The molecule has 3 rings (SSSR count). The number of amides is 1. The number of rotatable bonds is 4. The lowest BCUT2D eigenvalue weighted by atomic mass is 10.00. The molecule has 122 valence electrons. The minimum Gasteiger partial charge on any atom is -0.369 e. The van der Waals surface area contributed by atoms with Gasteiger partial charge in [0.2, 0.25) is 5.91 Å². The average Bonchev–Trinajstić information content (AvgIpc) is 3.05. The summed E-state index contributed by atoms with van der Waals surface area (Å²) < 4.78 is 0. The van der Waals surface area contributed by atoms with Crippen molar-refractivity contribution in [2.45, 2.75) is 31.2 Å². The van der Waals surface area contributed by atoms with Crippen LogP contribution in [0.5, 0.6) is 0 Å². The maximum absolute atomic E-state index is 12.3. The Morgan fingerprint density at radius 1 is 1.13 bits per heavy atom. The maximum atomic E-state index is 12.3. The van der Waals surface area contributed by atoms with Crippen molar-refractivity contribution in [1.29, 1.82) is 5.26 Å². The van der Waals surface area contributed by atoms with Crippen molar-refractivity contribution in [1.82, 2.24) is 10.2 Å². The van der Waals surface area contributed by atoms with Gasteiger partial charge in [-0.1, -0.05) is 18.2 Å². The average molecular weight is 312 g/mol. The van der Waals surface area contributed by atoms with E-state index in [0.717, 1.165) is 51.9 Å². The SMILES string of the molecule is N#CC1(NC(=O)CN2CCN(c3ccccc3)CC2)CCCC1. The number of piperazine rings is 1. The quantitative estimate of drug-likeness (QED) is 0.920. The molecule has 2 aliphatic rings. The van der Waals surface area contributed by atoms with Gasteiger partial charge in [0.05, 0.1) is 12.6 Å². The Balaban J connectivity index is 1.47. The van der Waals surface area contributed by atoms with Crippen molar-refractivity contribution in [2.24, 2.45) is 0 Å². The van der Waals surface area contributed by atoms with Gasteiger partial charge in [-0.2, -0.15) is 5.26 Å². The second-order valence-electron chi connectivity index (χ2n) is 6.55. The summed E-state index contributed by atoms with van der Waals surface area (Å²) in [5, 5.41) is 12.3. The van der Waals surface area contributed by atoms with Gasteiger partial charge in [0.25, 0.3) is 0 Å². The first kappa shape index (κ1) is 15.8. The Labute approximate surface area is 137 Å². The first-order chi connectivity index (χ1) is 11.2. The number of nitriles is 1. The molecule has 5 nitrogen and oxygen atoms in total. The molecule has 1 aliphatic heterocycles. The van der Waals surface area contributed by atoms with Crippen LogP contribution in [-0.4, -0.2) is 49.1 Å². The Kier molecular flexibility index (Phi) is 4.82. The molecule has 2 fully saturated rings. The minimum atomic E-state index is -0.608. The zero-order valence-corrected chi connectivity index (χ0v) is 13.5. The Hall–Kier alpha value is -2.06. The first-order valence-electron chi connectivity index (χ1n) is 8.45. The summed E-state index contributed by atoms with van der Waals surface area (Å²) in [5.41, 5.74) is 0.633. The van der Waals surface area contributed by atoms with E-state index in [4.69, 9.17) is 0 Å². The second kappa shape index (κ2) is 7.01. The van der Waals surface area contributed by atoms with E-state index >= 15 is 0 Å². The number of carbonyl (C=O) groups is 1. The summed E-state index contributed by atoms with van der Waals surface area (Å²) in [7, 11) is 0. The Bertz CT molecular complexity index is 566. The number of para-hydroxylation sites is 1. The predicted molar refractivity (Wildman–Crippen MR) is 90.0 cm³/mol. The smallest absolute Gasteiger partial charge is 0.235 e. The molecule has 1 aliphatic carbocycles. The van der Waals surface area contributed by atoms with Crippen LogP contribution in [0.4, 0.5) is 5.69 Å². The third kappa shape index (κ3) is 3.83. The van der Waals surface area contributed by atoms with Crippen LogP contribution in [-0.2, 0) is 4.79 Å². The van der Waals surface area contributed by atoms with Gasteiger partial charge in [-0.3, -0.25) is 9.69 Å². The fourth-order valence-corrected chi connectivity index (χ4v) is 3.56. The number of nitrogens with one attached hydrogen (secondary N) is 1. The van der Waals surface area contributed by atoms with Gasteiger partial charge in [-0.15, -0.1) is 0 Å². The molecule has 1 N–H and O–H groups in total. The van der Waals surface area contributed by atoms with Gasteiger partial charge in [0, 0.05) is 31.9 Å². The molecule has 0 aromatic heterocycles. The maximum Gasteiger partial charge on any atom is 0.235 e. The van der Waals surface area contributed by atoms with Crippen molar-refractivity contribution in [3.05, 3.63) is 30.3 Å². The van der Waals surface area contributed by atoms with Crippen LogP contribution in [0.1, 0.15) is 25.7 Å². The van der Waals surface area contributed by atoms with E-state index in [-0.39, 0.29) is 5.91 Å². The van der Waals surface area contributed by atoms with Gasteiger partial charge in [-0.05, 0) is 37.8 Å². The lowest BCUT2D eigenvalue weighted by Crippen LogP contribution is -2.53. The van der Waals surface area contributed by atoms with Crippen LogP contribution in [0, 0.1) is 11.3 Å². The highest BCUT2D eigenvalue weighted by Gasteiger charge is 2.35. The largest absolute Gasteiger partial charge is 0.369 e. The highest BCUT2D eigenvalue weighted by atomic mass is 16.2. The zero-order valence-electron chi connectivity index (χ0n) is 13.5. The fourth-order valence-electron chi connectivity index (χ4n) is 3.56. The Morgan fingerprint density at radius 3 is 2.39 bits per heavy atom. The molecule has 1 saturated heterocycles. The number of hydrogen-bond donors (Lipinski definition) is 1. The molecular weight excluding hydrogens is 288 g/mol. The third-order valence-electron chi connectivity index (χ3n) is 4.91. The normalized spacial score (nSPS) is 20.9. The van der Waals surface area contributed by atoms with Crippen molar-refractivity contribution < 1.29 is 4.79 Å². The highest BCUT2D eigenvalue weighted by Crippen LogP contribution is 2.28. The first-order valence-corrected chi connectivity index (χ1v) is 8.45. The summed E-state index contributed by atoms with van der Waals surface area (Å²) in [4.78, 5) is 16.8. The standard InChI is InChI=1S/C18H24N4O/c19-15-18(8-4-5-9-18)20-17(23)14-21-10-12-22(13-11-21)16-6-2-1-3-7-16/h1-3,6-7H,4-5,8-14H2,(H,20,23). The van der Waals surface area contributed by atoms with Gasteiger partial charge < -0.3 is 10.2 Å². The molecule has 1 aromatic rings. The molecule has 1 amide bonds. The summed E-state index contributed by atoms with van der Waals surface area (Å²) in [6.07, 6.45) is 3.64. The monoisotopic (exact) mass is 312 g/mol. The molecule has 1 saturated carbocycles. The van der Waals surface area contributed by atoms with E-state index in [1.54, 1.807) is 0 Å². The molecule has 5 heteroatoms. The summed E-state index contributed by atoms with van der Waals surface area (Å²) in [6.45, 7) is 4.01. The Morgan fingerprint density at radius 2 is 1.78 bits per heavy atom. The van der Waals surface area contributed by atoms with Crippen LogP contribution >= 0.6 is 0 Å². The molecule has 0 unspecified atom stereocenters. The van der Waals surface area contributed by atoms with Gasteiger partial charge in [0.1, 0.15) is 5.54 Å². The van der Waals surface area contributed by atoms with Crippen LogP contribution in [0.2, 0.25) is 0 Å². The highest BCUT2D eigenvalue weighted by molar-refractivity contribution is 5.79. The predicted octanol–water partition coefficient (Wildman–Crippen LogP) is 1.76.